The molecule has 3 aliphatic rings. The Bertz CT molecular complexity index is 901. The normalized spacial score (nSPS) is 30.3. The van der Waals surface area contributed by atoms with Gasteiger partial charge in [-0.1, -0.05) is 0 Å². The third-order valence-corrected chi connectivity index (χ3v) is 6.37. The van der Waals surface area contributed by atoms with Gasteiger partial charge in [0.25, 0.3) is 0 Å². The van der Waals surface area contributed by atoms with E-state index in [0.717, 1.165) is 38.1 Å². The van der Waals surface area contributed by atoms with Crippen LogP contribution in [-0.4, -0.2) is 60.2 Å². The number of carbonyl (C=O) groups excluding carboxylic acids is 1. The van der Waals surface area contributed by atoms with Gasteiger partial charge in [0.1, 0.15) is 0 Å². The van der Waals surface area contributed by atoms with Crippen molar-refractivity contribution in [3.05, 3.63) is 18.1 Å². The Hall–Kier alpha value is -2.33. The van der Waals surface area contributed by atoms with Crippen molar-refractivity contribution in [3.63, 3.8) is 0 Å². The number of fused-ring (bicyclic) bond motifs is 1. The predicted molar refractivity (Wildman–Crippen MR) is 106 cm³/mol. The van der Waals surface area contributed by atoms with Crippen LogP contribution in [0.5, 0.6) is 0 Å². The van der Waals surface area contributed by atoms with Crippen LogP contribution in [0.25, 0.3) is 5.82 Å². The minimum Gasteiger partial charge on any atom is -0.351 e. The van der Waals surface area contributed by atoms with Crippen LogP contribution in [0.15, 0.2) is 12.3 Å². The number of piperidine rings is 2. The van der Waals surface area contributed by atoms with E-state index in [1.54, 1.807) is 16.9 Å². The molecule has 2 aromatic heterocycles. The lowest BCUT2D eigenvalue weighted by Gasteiger charge is -2.42. The van der Waals surface area contributed by atoms with E-state index in [2.05, 4.69) is 41.4 Å². The van der Waals surface area contributed by atoms with E-state index in [0.29, 0.717) is 23.6 Å². The van der Waals surface area contributed by atoms with Crippen LogP contribution in [0, 0.1) is 11.8 Å². The van der Waals surface area contributed by atoms with Crippen molar-refractivity contribution < 1.29 is 4.79 Å². The van der Waals surface area contributed by atoms with Gasteiger partial charge in [0.15, 0.2) is 11.6 Å². The van der Waals surface area contributed by atoms with Crippen molar-refractivity contribution in [1.29, 1.82) is 0 Å². The number of tetrazole rings is 1. The molecule has 0 radical (unpaired) electrons. The molecule has 0 bridgehead atoms. The highest BCUT2D eigenvalue weighted by atomic mass is 35.5. The summed E-state index contributed by atoms with van der Waals surface area (Å²) >= 11 is 6.31. The average Bonchev–Trinajstić information content (AvgIpc) is 3.44. The fraction of sp³-hybridized carbons (Fsp3) is 0.667. The van der Waals surface area contributed by atoms with Crippen LogP contribution in [0.4, 0.5) is 5.95 Å². The number of hydrogen-bond donors (Lipinski definition) is 3. The minimum atomic E-state index is -0.178. The highest BCUT2D eigenvalue weighted by Crippen LogP contribution is 2.39. The highest BCUT2D eigenvalue weighted by Gasteiger charge is 2.41. The van der Waals surface area contributed by atoms with Crippen molar-refractivity contribution in [2.75, 3.05) is 11.9 Å². The number of nitrogens with zero attached hydrogens (tertiary/aromatic N) is 6. The average molecular weight is 418 g/mol. The number of halogens is 1. The smallest absolute Gasteiger partial charge is 0.226 e. The summed E-state index contributed by atoms with van der Waals surface area (Å²) in [6.45, 7) is 2.71. The minimum absolute atomic E-state index is 0.0150. The molecule has 4 unspecified atom stereocenters. The van der Waals surface area contributed by atoms with Gasteiger partial charge in [-0.15, -0.1) is 16.7 Å². The topological polar surface area (TPSA) is 123 Å². The number of aromatic nitrogens is 6. The van der Waals surface area contributed by atoms with Gasteiger partial charge in [-0.2, -0.15) is 9.67 Å². The van der Waals surface area contributed by atoms with E-state index in [1.807, 2.05) is 6.92 Å². The number of hydrogen-bond acceptors (Lipinski definition) is 8. The Morgan fingerprint density at radius 2 is 2.21 bits per heavy atom. The van der Waals surface area contributed by atoms with Crippen molar-refractivity contribution in [1.82, 2.24) is 40.8 Å². The SMILES string of the molecule is C[C@H](Nc1nccc(-n2nnnc2C2CC2)n1)C1CC2CC(Cl)CNC2NC1=O. The number of amides is 1. The summed E-state index contributed by atoms with van der Waals surface area (Å²) in [7, 11) is 0. The van der Waals surface area contributed by atoms with Gasteiger partial charge in [-0.25, -0.2) is 4.98 Å². The summed E-state index contributed by atoms with van der Waals surface area (Å²) in [5.74, 6) is 2.51. The molecular formula is C18H24ClN9O. The molecule has 154 valence electrons. The Morgan fingerprint density at radius 1 is 1.34 bits per heavy atom. The first kappa shape index (κ1) is 18.7. The first-order valence-electron chi connectivity index (χ1n) is 10.1. The molecule has 0 aromatic carbocycles. The largest absolute Gasteiger partial charge is 0.351 e. The second kappa shape index (κ2) is 7.49. The van der Waals surface area contributed by atoms with Crippen LogP contribution in [0.2, 0.25) is 0 Å². The fourth-order valence-electron chi connectivity index (χ4n) is 4.29. The van der Waals surface area contributed by atoms with Gasteiger partial charge in [-0.05, 0) is 49.0 Å². The van der Waals surface area contributed by atoms with Gasteiger partial charge in [0.05, 0.1) is 12.1 Å². The molecule has 11 heteroatoms. The fourth-order valence-corrected chi connectivity index (χ4v) is 4.61. The third kappa shape index (κ3) is 3.78. The predicted octanol–water partition coefficient (Wildman–Crippen LogP) is 0.809. The number of alkyl halides is 1. The summed E-state index contributed by atoms with van der Waals surface area (Å²) in [5, 5.41) is 21.8. The molecule has 1 saturated carbocycles. The summed E-state index contributed by atoms with van der Waals surface area (Å²) in [5.41, 5.74) is 0. The van der Waals surface area contributed by atoms with E-state index in [1.165, 1.54) is 0 Å². The van der Waals surface area contributed by atoms with Crippen molar-refractivity contribution in [3.8, 4) is 5.82 Å². The maximum absolute atomic E-state index is 12.6. The zero-order valence-electron chi connectivity index (χ0n) is 16.1. The Labute approximate surface area is 173 Å². The van der Waals surface area contributed by atoms with E-state index >= 15 is 0 Å². The Morgan fingerprint density at radius 3 is 3.03 bits per heavy atom. The van der Waals surface area contributed by atoms with Crippen LogP contribution in [0.3, 0.4) is 0 Å². The molecule has 4 heterocycles. The molecule has 3 N–H and O–H groups in total. The second-order valence-electron chi connectivity index (χ2n) is 8.22. The number of anilines is 1. The molecule has 5 atom stereocenters. The zero-order valence-corrected chi connectivity index (χ0v) is 16.9. The summed E-state index contributed by atoms with van der Waals surface area (Å²) in [6, 6.07) is 1.66. The monoisotopic (exact) mass is 417 g/mol. The number of rotatable bonds is 5. The third-order valence-electron chi connectivity index (χ3n) is 6.03. The molecular weight excluding hydrogens is 394 g/mol. The van der Waals surface area contributed by atoms with Crippen molar-refractivity contribution >= 4 is 23.5 Å². The zero-order chi connectivity index (χ0) is 20.0. The maximum Gasteiger partial charge on any atom is 0.226 e. The molecule has 3 fully saturated rings. The van der Waals surface area contributed by atoms with E-state index in [4.69, 9.17) is 11.6 Å². The molecule has 5 rings (SSSR count). The molecule has 2 aliphatic heterocycles. The molecule has 29 heavy (non-hydrogen) atoms. The van der Waals surface area contributed by atoms with Crippen LogP contribution in [0.1, 0.15) is 44.3 Å². The van der Waals surface area contributed by atoms with E-state index < -0.39 is 0 Å². The lowest BCUT2D eigenvalue weighted by atomic mass is 9.79. The lowest BCUT2D eigenvalue weighted by molar-refractivity contribution is -0.130. The van der Waals surface area contributed by atoms with Gasteiger partial charge >= 0.3 is 0 Å². The Balaban J connectivity index is 1.30. The first-order valence-corrected chi connectivity index (χ1v) is 10.6. The lowest BCUT2D eigenvalue weighted by Crippen LogP contribution is -2.62. The van der Waals surface area contributed by atoms with Gasteiger partial charge in [0.2, 0.25) is 11.9 Å². The highest BCUT2D eigenvalue weighted by molar-refractivity contribution is 6.20. The van der Waals surface area contributed by atoms with Gasteiger partial charge in [0, 0.05) is 36.1 Å². The summed E-state index contributed by atoms with van der Waals surface area (Å²) in [4.78, 5) is 21.5. The van der Waals surface area contributed by atoms with Gasteiger partial charge < -0.3 is 10.6 Å². The van der Waals surface area contributed by atoms with Gasteiger partial charge in [-0.3, -0.25) is 10.1 Å². The maximum atomic E-state index is 12.6. The van der Waals surface area contributed by atoms with Crippen molar-refractivity contribution in [2.24, 2.45) is 11.8 Å². The molecule has 10 nitrogen and oxygen atoms in total. The number of carbonyl (C=O) groups is 1. The van der Waals surface area contributed by atoms with Crippen LogP contribution in [-0.2, 0) is 4.79 Å². The molecule has 2 saturated heterocycles. The first-order chi connectivity index (χ1) is 14.1. The standard InChI is InChI=1S/C18H24ClN9O/c1-9(13-7-11-6-12(19)8-21-15(11)24-17(13)29)22-18-20-5-4-14(23-18)28-16(10-2-3-10)25-26-27-28/h4-5,9-13,15,21H,2-3,6-8H2,1H3,(H,24,29)(H,20,22,23)/t9-,11?,12?,13?,15?/m0/s1. The number of nitrogens with one attached hydrogen (secondary N) is 3. The summed E-state index contributed by atoms with van der Waals surface area (Å²) in [6.07, 6.45) is 5.57. The van der Waals surface area contributed by atoms with E-state index in [9.17, 15) is 4.79 Å². The molecule has 2 aromatic rings. The quantitative estimate of drug-likeness (QED) is 0.611. The van der Waals surface area contributed by atoms with E-state index in [-0.39, 0.29) is 29.4 Å². The van der Waals surface area contributed by atoms with Crippen LogP contribution < -0.4 is 16.0 Å². The van der Waals surface area contributed by atoms with Crippen molar-refractivity contribution in [2.45, 2.75) is 56.1 Å². The van der Waals surface area contributed by atoms with Crippen LogP contribution >= 0.6 is 11.6 Å². The Kier molecular flexibility index (Phi) is 4.83. The molecule has 1 amide bonds. The second-order valence-corrected chi connectivity index (χ2v) is 8.84. The molecule has 0 spiro atoms. The summed E-state index contributed by atoms with van der Waals surface area (Å²) < 4.78 is 1.67. The molecule has 1 aliphatic carbocycles.